The normalized spacial score (nSPS) is 23.9. The van der Waals surface area contributed by atoms with Crippen LogP contribution in [0.15, 0.2) is 6.07 Å². The van der Waals surface area contributed by atoms with Crippen LogP contribution in [0.25, 0.3) is 0 Å². The molecule has 0 amide bonds. The van der Waals surface area contributed by atoms with E-state index in [0.717, 1.165) is 24.4 Å². The molecule has 18 heavy (non-hydrogen) atoms. The van der Waals surface area contributed by atoms with Crippen molar-refractivity contribution >= 4 is 17.4 Å². The SMILES string of the molecule is CCCc1cc(NC2CCCCC2C)nc(Cl)n1. The molecule has 0 saturated heterocycles. The van der Waals surface area contributed by atoms with Crippen molar-refractivity contribution in [3.05, 3.63) is 17.0 Å². The predicted molar refractivity (Wildman–Crippen MR) is 76.1 cm³/mol. The average molecular weight is 268 g/mol. The molecular weight excluding hydrogens is 246 g/mol. The minimum Gasteiger partial charge on any atom is -0.367 e. The smallest absolute Gasteiger partial charge is 0.224 e. The highest BCUT2D eigenvalue weighted by Gasteiger charge is 2.21. The van der Waals surface area contributed by atoms with Gasteiger partial charge in [-0.25, -0.2) is 9.97 Å². The fourth-order valence-corrected chi connectivity index (χ4v) is 2.84. The minimum atomic E-state index is 0.354. The van der Waals surface area contributed by atoms with E-state index >= 15 is 0 Å². The van der Waals surface area contributed by atoms with Gasteiger partial charge in [0.2, 0.25) is 5.28 Å². The molecule has 4 heteroatoms. The van der Waals surface area contributed by atoms with E-state index in [1.807, 2.05) is 6.07 Å². The molecule has 1 aliphatic rings. The summed E-state index contributed by atoms with van der Waals surface area (Å²) in [7, 11) is 0. The van der Waals surface area contributed by atoms with Crippen LogP contribution < -0.4 is 5.32 Å². The van der Waals surface area contributed by atoms with Crippen molar-refractivity contribution in [1.82, 2.24) is 9.97 Å². The van der Waals surface area contributed by atoms with Gasteiger partial charge in [-0.05, 0) is 36.8 Å². The first kappa shape index (κ1) is 13.6. The molecule has 1 aromatic heterocycles. The Bertz CT molecular complexity index is 395. The van der Waals surface area contributed by atoms with Crippen molar-refractivity contribution in [2.24, 2.45) is 5.92 Å². The second-order valence-corrected chi connectivity index (χ2v) is 5.61. The largest absolute Gasteiger partial charge is 0.367 e. The van der Waals surface area contributed by atoms with Gasteiger partial charge in [0, 0.05) is 17.8 Å². The lowest BCUT2D eigenvalue weighted by Gasteiger charge is -2.30. The second-order valence-electron chi connectivity index (χ2n) is 5.28. The molecule has 0 radical (unpaired) electrons. The van der Waals surface area contributed by atoms with Crippen LogP contribution in [0.4, 0.5) is 5.82 Å². The summed E-state index contributed by atoms with van der Waals surface area (Å²) in [5.74, 6) is 1.60. The molecule has 1 heterocycles. The third-order valence-corrected chi connectivity index (χ3v) is 3.87. The van der Waals surface area contributed by atoms with Crippen LogP contribution >= 0.6 is 11.6 Å². The topological polar surface area (TPSA) is 37.8 Å². The van der Waals surface area contributed by atoms with Crippen molar-refractivity contribution in [3.8, 4) is 0 Å². The Labute approximate surface area is 114 Å². The molecule has 3 nitrogen and oxygen atoms in total. The minimum absolute atomic E-state index is 0.354. The lowest BCUT2D eigenvalue weighted by atomic mass is 9.86. The lowest BCUT2D eigenvalue weighted by Crippen LogP contribution is -2.30. The van der Waals surface area contributed by atoms with Crippen molar-refractivity contribution in [2.45, 2.75) is 58.4 Å². The van der Waals surface area contributed by atoms with Gasteiger partial charge >= 0.3 is 0 Å². The molecule has 0 aliphatic heterocycles. The maximum absolute atomic E-state index is 5.98. The number of rotatable bonds is 4. The molecule has 1 N–H and O–H groups in total. The Morgan fingerprint density at radius 3 is 2.83 bits per heavy atom. The number of hydrogen-bond donors (Lipinski definition) is 1. The van der Waals surface area contributed by atoms with Crippen molar-refractivity contribution in [1.29, 1.82) is 0 Å². The van der Waals surface area contributed by atoms with E-state index in [1.165, 1.54) is 25.7 Å². The highest BCUT2D eigenvalue weighted by Crippen LogP contribution is 2.26. The van der Waals surface area contributed by atoms with Crippen molar-refractivity contribution in [3.63, 3.8) is 0 Å². The summed E-state index contributed by atoms with van der Waals surface area (Å²) in [5, 5.41) is 3.89. The number of nitrogens with one attached hydrogen (secondary N) is 1. The van der Waals surface area contributed by atoms with Crippen LogP contribution in [0.5, 0.6) is 0 Å². The number of aromatic nitrogens is 2. The fourth-order valence-electron chi connectivity index (χ4n) is 2.64. The van der Waals surface area contributed by atoms with E-state index in [2.05, 4.69) is 29.1 Å². The second kappa shape index (κ2) is 6.37. The van der Waals surface area contributed by atoms with Crippen LogP contribution in [-0.4, -0.2) is 16.0 Å². The molecule has 1 saturated carbocycles. The van der Waals surface area contributed by atoms with Gasteiger partial charge in [-0.3, -0.25) is 0 Å². The van der Waals surface area contributed by atoms with Crippen molar-refractivity contribution < 1.29 is 0 Å². The summed E-state index contributed by atoms with van der Waals surface area (Å²) in [4.78, 5) is 8.54. The quantitative estimate of drug-likeness (QED) is 0.836. The van der Waals surface area contributed by atoms with Crippen LogP contribution in [0.1, 0.15) is 51.6 Å². The van der Waals surface area contributed by atoms with Crippen LogP contribution in [0, 0.1) is 5.92 Å². The maximum atomic E-state index is 5.98. The zero-order valence-corrected chi connectivity index (χ0v) is 12.0. The van der Waals surface area contributed by atoms with Gasteiger partial charge < -0.3 is 5.32 Å². The molecule has 0 bridgehead atoms. The van der Waals surface area contributed by atoms with E-state index in [4.69, 9.17) is 11.6 Å². The molecule has 2 unspecified atom stereocenters. The molecule has 0 spiro atoms. The number of hydrogen-bond acceptors (Lipinski definition) is 3. The van der Waals surface area contributed by atoms with Gasteiger partial charge in [0.15, 0.2) is 0 Å². The van der Waals surface area contributed by atoms with Gasteiger partial charge in [-0.15, -0.1) is 0 Å². The van der Waals surface area contributed by atoms with Crippen molar-refractivity contribution in [2.75, 3.05) is 5.32 Å². The fraction of sp³-hybridized carbons (Fsp3) is 0.714. The first-order valence-electron chi connectivity index (χ1n) is 6.99. The Hall–Kier alpha value is -0.830. The van der Waals surface area contributed by atoms with E-state index in [0.29, 0.717) is 17.2 Å². The van der Waals surface area contributed by atoms with E-state index in [1.54, 1.807) is 0 Å². The van der Waals surface area contributed by atoms with Crippen LogP contribution in [0.3, 0.4) is 0 Å². The van der Waals surface area contributed by atoms with Crippen LogP contribution in [-0.2, 0) is 6.42 Å². The summed E-state index contributed by atoms with van der Waals surface area (Å²) in [6.07, 6.45) is 7.22. The summed E-state index contributed by atoms with van der Waals surface area (Å²) < 4.78 is 0. The molecule has 2 rings (SSSR count). The molecule has 0 aromatic carbocycles. The van der Waals surface area contributed by atoms with Crippen LogP contribution in [0.2, 0.25) is 5.28 Å². The first-order valence-corrected chi connectivity index (χ1v) is 7.37. The molecule has 2 atom stereocenters. The summed E-state index contributed by atoms with van der Waals surface area (Å²) in [5.41, 5.74) is 1.03. The third kappa shape index (κ3) is 3.58. The first-order chi connectivity index (χ1) is 8.69. The van der Waals surface area contributed by atoms with E-state index < -0.39 is 0 Å². The standard InChI is InChI=1S/C14H22ClN3/c1-3-6-11-9-13(18-14(15)16-11)17-12-8-5-4-7-10(12)2/h9-10,12H,3-8H2,1-2H3,(H,16,17,18). The van der Waals surface area contributed by atoms with Gasteiger partial charge in [-0.1, -0.05) is 33.1 Å². The van der Waals surface area contributed by atoms with Gasteiger partial charge in [-0.2, -0.15) is 0 Å². The predicted octanol–water partition coefficient (Wildman–Crippen LogP) is 4.07. The maximum Gasteiger partial charge on any atom is 0.224 e. The monoisotopic (exact) mass is 267 g/mol. The summed E-state index contributed by atoms with van der Waals surface area (Å²) in [6.45, 7) is 4.46. The highest BCUT2D eigenvalue weighted by molar-refractivity contribution is 6.28. The Morgan fingerprint density at radius 1 is 1.33 bits per heavy atom. The van der Waals surface area contributed by atoms with Gasteiger partial charge in [0.05, 0.1) is 0 Å². The third-order valence-electron chi connectivity index (χ3n) is 3.70. The zero-order chi connectivity index (χ0) is 13.0. The lowest BCUT2D eigenvalue weighted by molar-refractivity contribution is 0.349. The van der Waals surface area contributed by atoms with Gasteiger partial charge in [0.25, 0.3) is 0 Å². The molecular formula is C14H22ClN3. The zero-order valence-electron chi connectivity index (χ0n) is 11.2. The molecule has 1 aliphatic carbocycles. The molecule has 100 valence electrons. The Kier molecular flexibility index (Phi) is 4.81. The Morgan fingerprint density at radius 2 is 2.11 bits per heavy atom. The van der Waals surface area contributed by atoms with E-state index in [9.17, 15) is 0 Å². The van der Waals surface area contributed by atoms with E-state index in [-0.39, 0.29) is 0 Å². The summed E-state index contributed by atoms with van der Waals surface area (Å²) in [6, 6.07) is 2.57. The number of halogens is 1. The molecule has 1 fully saturated rings. The Balaban J connectivity index is 2.07. The van der Waals surface area contributed by atoms with Gasteiger partial charge in [0.1, 0.15) is 5.82 Å². The molecule has 1 aromatic rings. The number of aryl methyl sites for hydroxylation is 1. The number of nitrogens with zero attached hydrogens (tertiary/aromatic N) is 2. The summed E-state index contributed by atoms with van der Waals surface area (Å²) >= 11 is 5.98. The number of anilines is 1. The highest BCUT2D eigenvalue weighted by atomic mass is 35.5. The average Bonchev–Trinajstić information content (AvgIpc) is 2.32.